The molecule has 1 fully saturated rings. The minimum absolute atomic E-state index is 0.191. The van der Waals surface area contributed by atoms with Crippen LogP contribution in [0.5, 0.6) is 0 Å². The van der Waals surface area contributed by atoms with E-state index < -0.39 is 5.97 Å². The number of carbonyl (C=O) groups excluding carboxylic acids is 1. The third-order valence-electron chi connectivity index (χ3n) is 5.33. The smallest absolute Gasteiger partial charge is 0.306 e. The lowest BCUT2D eigenvalue weighted by Crippen LogP contribution is -2.32. The Morgan fingerprint density at radius 1 is 1.31 bits per heavy atom. The van der Waals surface area contributed by atoms with Crippen molar-refractivity contribution in [3.05, 3.63) is 23.1 Å². The van der Waals surface area contributed by atoms with Gasteiger partial charge in [0.2, 0.25) is 0 Å². The van der Waals surface area contributed by atoms with E-state index in [0.29, 0.717) is 36.7 Å². The average molecular weight is 359 g/mol. The van der Waals surface area contributed by atoms with Gasteiger partial charge in [-0.2, -0.15) is 10.2 Å². The van der Waals surface area contributed by atoms with E-state index in [0.717, 1.165) is 29.8 Å². The number of aromatic nitrogens is 4. The van der Waals surface area contributed by atoms with E-state index in [1.807, 2.05) is 20.9 Å². The number of hydrogen-bond donors (Lipinski definition) is 3. The van der Waals surface area contributed by atoms with Crippen molar-refractivity contribution in [3.8, 4) is 11.3 Å². The van der Waals surface area contributed by atoms with E-state index in [9.17, 15) is 9.59 Å². The topological polar surface area (TPSA) is 113 Å². The molecular formula is C18H25N5O3. The number of hydrogen-bond acceptors (Lipinski definition) is 4. The second-order valence-electron chi connectivity index (χ2n) is 7.10. The molecule has 0 radical (unpaired) electrons. The molecule has 26 heavy (non-hydrogen) atoms. The van der Waals surface area contributed by atoms with Gasteiger partial charge in [0.25, 0.3) is 5.91 Å². The summed E-state index contributed by atoms with van der Waals surface area (Å²) in [6.45, 7) is 4.45. The first-order valence-electron chi connectivity index (χ1n) is 8.93. The van der Waals surface area contributed by atoms with Crippen LogP contribution in [0, 0.1) is 25.7 Å². The second-order valence-corrected chi connectivity index (χ2v) is 7.10. The van der Waals surface area contributed by atoms with Crippen LogP contribution in [0.25, 0.3) is 11.3 Å². The van der Waals surface area contributed by atoms with E-state index in [1.165, 1.54) is 0 Å². The van der Waals surface area contributed by atoms with Crippen LogP contribution in [0.1, 0.15) is 47.6 Å². The van der Waals surface area contributed by atoms with Crippen molar-refractivity contribution in [2.75, 3.05) is 6.54 Å². The normalized spacial score (nSPS) is 20.1. The number of nitrogens with one attached hydrogen (secondary N) is 2. The largest absolute Gasteiger partial charge is 0.481 e. The Bertz CT molecular complexity index is 815. The van der Waals surface area contributed by atoms with Crippen molar-refractivity contribution < 1.29 is 14.7 Å². The first kappa shape index (κ1) is 18.2. The van der Waals surface area contributed by atoms with Crippen molar-refractivity contribution in [2.24, 2.45) is 18.9 Å². The highest BCUT2D eigenvalue weighted by atomic mass is 16.4. The Hall–Kier alpha value is -2.64. The summed E-state index contributed by atoms with van der Waals surface area (Å²) in [6.07, 6.45) is 3.03. The van der Waals surface area contributed by atoms with Crippen LogP contribution in [-0.2, 0) is 11.8 Å². The zero-order chi connectivity index (χ0) is 18.8. The number of H-pyrrole nitrogens is 1. The molecule has 0 aliphatic heterocycles. The summed E-state index contributed by atoms with van der Waals surface area (Å²) in [4.78, 5) is 23.4. The fourth-order valence-corrected chi connectivity index (χ4v) is 3.66. The molecule has 0 aromatic carbocycles. The molecule has 3 rings (SSSR count). The van der Waals surface area contributed by atoms with Crippen LogP contribution in [-0.4, -0.2) is 43.5 Å². The number of carbonyl (C=O) groups is 2. The minimum Gasteiger partial charge on any atom is -0.481 e. The predicted octanol–water partition coefficient (Wildman–Crippen LogP) is 2.05. The average Bonchev–Trinajstić information content (AvgIpc) is 3.18. The van der Waals surface area contributed by atoms with Gasteiger partial charge in [-0.05, 0) is 51.5 Å². The molecule has 1 saturated carbocycles. The Morgan fingerprint density at radius 2 is 2.00 bits per heavy atom. The summed E-state index contributed by atoms with van der Waals surface area (Å²) >= 11 is 0. The predicted molar refractivity (Wildman–Crippen MR) is 95.7 cm³/mol. The van der Waals surface area contributed by atoms with E-state index in [1.54, 1.807) is 10.7 Å². The van der Waals surface area contributed by atoms with Gasteiger partial charge < -0.3 is 10.4 Å². The maximum atomic E-state index is 12.4. The molecule has 0 saturated heterocycles. The third kappa shape index (κ3) is 3.63. The third-order valence-corrected chi connectivity index (χ3v) is 5.33. The number of aryl methyl sites for hydroxylation is 2. The maximum absolute atomic E-state index is 12.4. The molecule has 8 heteroatoms. The Morgan fingerprint density at radius 3 is 2.58 bits per heavy atom. The van der Waals surface area contributed by atoms with Crippen LogP contribution in [0.3, 0.4) is 0 Å². The standard InChI is InChI=1S/C18H25N5O3/c1-10-16(11(2)23(3)22-10)14-8-15(21-20-14)17(24)19-9-12-4-6-13(7-5-12)18(25)26/h8,12-13H,4-7,9H2,1-3H3,(H,19,24)(H,20,21)(H,25,26). The van der Waals surface area contributed by atoms with Crippen LogP contribution in [0.2, 0.25) is 0 Å². The molecule has 0 spiro atoms. The Kier molecular flexibility index (Phi) is 5.11. The van der Waals surface area contributed by atoms with Gasteiger partial charge in [-0.1, -0.05) is 0 Å². The first-order chi connectivity index (χ1) is 12.4. The van der Waals surface area contributed by atoms with E-state index in [2.05, 4.69) is 20.6 Å². The molecule has 8 nitrogen and oxygen atoms in total. The van der Waals surface area contributed by atoms with Crippen LogP contribution >= 0.6 is 0 Å². The molecule has 1 amide bonds. The molecule has 0 bridgehead atoms. The summed E-state index contributed by atoms with van der Waals surface area (Å²) in [5.41, 5.74) is 3.94. The highest BCUT2D eigenvalue weighted by molar-refractivity contribution is 5.93. The lowest BCUT2D eigenvalue weighted by molar-refractivity contribution is -0.143. The monoisotopic (exact) mass is 359 g/mol. The SMILES string of the molecule is Cc1nn(C)c(C)c1-c1cc(C(=O)NCC2CCC(C(=O)O)CC2)[nH]n1. The van der Waals surface area contributed by atoms with Gasteiger partial charge in [-0.15, -0.1) is 0 Å². The van der Waals surface area contributed by atoms with Crippen molar-refractivity contribution >= 4 is 11.9 Å². The van der Waals surface area contributed by atoms with Gasteiger partial charge in [0.15, 0.2) is 0 Å². The molecule has 0 atom stereocenters. The quantitative estimate of drug-likeness (QED) is 0.756. The number of carboxylic acids is 1. The summed E-state index contributed by atoms with van der Waals surface area (Å²) in [7, 11) is 1.88. The maximum Gasteiger partial charge on any atom is 0.306 e. The van der Waals surface area contributed by atoms with Crippen LogP contribution in [0.4, 0.5) is 0 Å². The van der Waals surface area contributed by atoms with Crippen molar-refractivity contribution in [2.45, 2.75) is 39.5 Å². The fourth-order valence-electron chi connectivity index (χ4n) is 3.66. The molecule has 2 aromatic rings. The zero-order valence-electron chi connectivity index (χ0n) is 15.4. The van der Waals surface area contributed by atoms with Crippen molar-refractivity contribution in [1.82, 2.24) is 25.3 Å². The highest BCUT2D eigenvalue weighted by Gasteiger charge is 2.26. The summed E-state index contributed by atoms with van der Waals surface area (Å²) in [5, 5.41) is 23.4. The lowest BCUT2D eigenvalue weighted by Gasteiger charge is -2.26. The molecule has 3 N–H and O–H groups in total. The van der Waals surface area contributed by atoms with Crippen LogP contribution < -0.4 is 5.32 Å². The summed E-state index contributed by atoms with van der Waals surface area (Å²) in [6, 6.07) is 1.74. The molecule has 0 unspecified atom stereocenters. The molecule has 1 aliphatic rings. The Balaban J connectivity index is 1.58. The van der Waals surface area contributed by atoms with Gasteiger partial charge in [-0.25, -0.2) is 0 Å². The van der Waals surface area contributed by atoms with E-state index in [4.69, 9.17) is 5.11 Å². The molecule has 140 valence electrons. The number of amides is 1. The first-order valence-corrected chi connectivity index (χ1v) is 8.93. The number of rotatable bonds is 5. The van der Waals surface area contributed by atoms with E-state index in [-0.39, 0.29) is 11.8 Å². The van der Waals surface area contributed by atoms with Crippen molar-refractivity contribution in [3.63, 3.8) is 0 Å². The minimum atomic E-state index is -0.710. The Labute approximate surface area is 152 Å². The number of aromatic amines is 1. The summed E-state index contributed by atoms with van der Waals surface area (Å²) in [5.74, 6) is -0.801. The van der Waals surface area contributed by atoms with Gasteiger partial charge >= 0.3 is 5.97 Å². The molecule has 2 heterocycles. The molecule has 1 aliphatic carbocycles. The van der Waals surface area contributed by atoms with Crippen LogP contribution in [0.15, 0.2) is 6.07 Å². The van der Waals surface area contributed by atoms with Gasteiger partial charge in [0, 0.05) is 24.8 Å². The van der Waals surface area contributed by atoms with Gasteiger partial charge in [0.1, 0.15) is 5.69 Å². The lowest BCUT2D eigenvalue weighted by atomic mass is 9.82. The zero-order valence-corrected chi connectivity index (χ0v) is 15.4. The second kappa shape index (κ2) is 7.31. The number of carboxylic acid groups (broad SMARTS) is 1. The van der Waals surface area contributed by atoms with Gasteiger partial charge in [-0.3, -0.25) is 19.4 Å². The number of nitrogens with zero attached hydrogens (tertiary/aromatic N) is 3. The number of aliphatic carboxylic acids is 1. The molecule has 2 aromatic heterocycles. The summed E-state index contributed by atoms with van der Waals surface area (Å²) < 4.78 is 1.80. The van der Waals surface area contributed by atoms with Crippen molar-refractivity contribution in [1.29, 1.82) is 0 Å². The highest BCUT2D eigenvalue weighted by Crippen LogP contribution is 2.28. The van der Waals surface area contributed by atoms with Gasteiger partial charge in [0.05, 0.1) is 17.3 Å². The van der Waals surface area contributed by atoms with E-state index >= 15 is 0 Å². The molecular weight excluding hydrogens is 334 g/mol. The fraction of sp³-hybridized carbons (Fsp3) is 0.556.